The van der Waals surface area contributed by atoms with Crippen LogP contribution in [0.5, 0.6) is 11.5 Å². The fourth-order valence-electron chi connectivity index (χ4n) is 3.08. The quantitative estimate of drug-likeness (QED) is 0.452. The van der Waals surface area contributed by atoms with Gasteiger partial charge in [0.1, 0.15) is 0 Å². The van der Waals surface area contributed by atoms with Crippen molar-refractivity contribution < 1.29 is 14.3 Å². The Morgan fingerprint density at radius 1 is 0.969 bits per heavy atom. The van der Waals surface area contributed by atoms with Crippen LogP contribution < -0.4 is 20.1 Å². The summed E-state index contributed by atoms with van der Waals surface area (Å²) in [7, 11) is 0. The fourth-order valence-corrected chi connectivity index (χ4v) is 3.08. The van der Waals surface area contributed by atoms with Gasteiger partial charge in [0.05, 0.1) is 0 Å². The molecule has 5 rings (SSSR count). The molecule has 158 valence electrons. The van der Waals surface area contributed by atoms with Crippen molar-refractivity contribution in [2.24, 2.45) is 0 Å². The summed E-state index contributed by atoms with van der Waals surface area (Å²) in [6.45, 7) is 0.219. The summed E-state index contributed by atoms with van der Waals surface area (Å²) in [5, 5.41) is 18.4. The first-order valence-corrected chi connectivity index (χ1v) is 9.82. The van der Waals surface area contributed by atoms with Crippen molar-refractivity contribution in [1.29, 1.82) is 0 Å². The molecular weight excluding hydrogens is 408 g/mol. The molecule has 2 aromatic heterocycles. The van der Waals surface area contributed by atoms with Gasteiger partial charge in [-0.25, -0.2) is 4.68 Å². The average Bonchev–Trinajstić information content (AvgIpc) is 3.51. The number of nitrogens with zero attached hydrogens (tertiary/aromatic N) is 4. The standard InChI is InChI=1S/C23H18N6O3/c30-23(11-3-16-2-8-19-20(14-16)32-15-31-19)26-18-6-4-17(5-7-18)25-21-9-10-22(28-27-21)29-13-1-12-24-29/h1-14H,15H2,(H,25,27)(H,26,30)/b11-3+. The van der Waals surface area contributed by atoms with Crippen molar-refractivity contribution in [3.8, 4) is 17.3 Å². The number of aromatic nitrogens is 4. The first-order chi connectivity index (χ1) is 15.7. The molecular formula is C23H18N6O3. The molecule has 32 heavy (non-hydrogen) atoms. The number of amides is 1. The minimum atomic E-state index is -0.233. The maximum atomic E-state index is 12.2. The number of hydrogen-bond acceptors (Lipinski definition) is 7. The number of nitrogens with one attached hydrogen (secondary N) is 2. The van der Waals surface area contributed by atoms with E-state index in [0.717, 1.165) is 11.3 Å². The van der Waals surface area contributed by atoms with Crippen LogP contribution in [-0.4, -0.2) is 32.7 Å². The largest absolute Gasteiger partial charge is 0.454 e. The number of carbonyl (C=O) groups excluding carboxylic acids is 1. The van der Waals surface area contributed by atoms with Crippen molar-refractivity contribution in [2.45, 2.75) is 0 Å². The second kappa shape index (κ2) is 8.60. The van der Waals surface area contributed by atoms with E-state index in [9.17, 15) is 4.79 Å². The smallest absolute Gasteiger partial charge is 0.248 e. The molecule has 0 radical (unpaired) electrons. The van der Waals surface area contributed by atoms with Crippen LogP contribution in [0, 0.1) is 0 Å². The van der Waals surface area contributed by atoms with E-state index in [-0.39, 0.29) is 12.7 Å². The number of anilines is 3. The van der Waals surface area contributed by atoms with Gasteiger partial charge in [-0.1, -0.05) is 6.07 Å². The molecule has 4 aromatic rings. The molecule has 2 N–H and O–H groups in total. The second-order valence-electron chi connectivity index (χ2n) is 6.87. The van der Waals surface area contributed by atoms with Crippen LogP contribution in [0.1, 0.15) is 5.56 Å². The van der Waals surface area contributed by atoms with Crippen LogP contribution in [-0.2, 0) is 4.79 Å². The lowest BCUT2D eigenvalue weighted by molar-refractivity contribution is -0.111. The van der Waals surface area contributed by atoms with Gasteiger partial charge in [-0.15, -0.1) is 10.2 Å². The van der Waals surface area contributed by atoms with Crippen molar-refractivity contribution >= 4 is 29.2 Å². The monoisotopic (exact) mass is 426 g/mol. The molecule has 2 aromatic carbocycles. The molecule has 0 saturated heterocycles. The Kier molecular flexibility index (Phi) is 5.19. The Bertz CT molecular complexity index is 1250. The van der Waals surface area contributed by atoms with Gasteiger partial charge >= 0.3 is 0 Å². The number of hydrogen-bond donors (Lipinski definition) is 2. The van der Waals surface area contributed by atoms with Gasteiger partial charge in [0, 0.05) is 29.8 Å². The average molecular weight is 426 g/mol. The molecule has 0 aliphatic carbocycles. The Hall–Kier alpha value is -4.66. The van der Waals surface area contributed by atoms with Crippen LogP contribution in [0.15, 0.2) is 79.1 Å². The summed E-state index contributed by atoms with van der Waals surface area (Å²) in [4.78, 5) is 12.2. The molecule has 1 aliphatic heterocycles. The highest BCUT2D eigenvalue weighted by Gasteiger charge is 2.12. The Morgan fingerprint density at radius 3 is 2.59 bits per heavy atom. The zero-order valence-electron chi connectivity index (χ0n) is 16.8. The molecule has 9 heteroatoms. The lowest BCUT2D eigenvalue weighted by Gasteiger charge is -2.07. The fraction of sp³-hybridized carbons (Fsp3) is 0.0435. The van der Waals surface area contributed by atoms with Crippen LogP contribution in [0.2, 0.25) is 0 Å². The Balaban J connectivity index is 1.17. The maximum Gasteiger partial charge on any atom is 0.248 e. The van der Waals surface area contributed by atoms with E-state index >= 15 is 0 Å². The van der Waals surface area contributed by atoms with E-state index in [0.29, 0.717) is 28.8 Å². The third-order valence-corrected chi connectivity index (χ3v) is 4.64. The lowest BCUT2D eigenvalue weighted by Crippen LogP contribution is -2.07. The van der Waals surface area contributed by atoms with E-state index in [1.54, 1.807) is 35.3 Å². The van der Waals surface area contributed by atoms with E-state index < -0.39 is 0 Å². The summed E-state index contributed by atoms with van der Waals surface area (Å²) in [6, 6.07) is 18.3. The normalized spacial score (nSPS) is 12.1. The van der Waals surface area contributed by atoms with Gasteiger partial charge < -0.3 is 20.1 Å². The van der Waals surface area contributed by atoms with E-state index in [1.807, 2.05) is 48.5 Å². The summed E-state index contributed by atoms with van der Waals surface area (Å²) in [5.41, 5.74) is 2.35. The van der Waals surface area contributed by atoms with Crippen LogP contribution >= 0.6 is 0 Å². The van der Waals surface area contributed by atoms with Crippen LogP contribution in [0.4, 0.5) is 17.2 Å². The predicted octanol–water partition coefficient (Wildman–Crippen LogP) is 3.79. The Labute approximate surface area is 183 Å². The van der Waals surface area contributed by atoms with Gasteiger partial charge in [0.25, 0.3) is 0 Å². The topological polar surface area (TPSA) is 103 Å². The van der Waals surface area contributed by atoms with Crippen molar-refractivity contribution in [1.82, 2.24) is 20.0 Å². The highest BCUT2D eigenvalue weighted by molar-refractivity contribution is 6.02. The van der Waals surface area contributed by atoms with E-state index in [4.69, 9.17) is 9.47 Å². The molecule has 1 aliphatic rings. The number of fused-ring (bicyclic) bond motifs is 1. The molecule has 0 bridgehead atoms. The van der Waals surface area contributed by atoms with Gasteiger partial charge in [-0.05, 0) is 66.2 Å². The number of benzene rings is 2. The number of ether oxygens (including phenoxy) is 2. The van der Waals surface area contributed by atoms with Crippen molar-refractivity contribution in [2.75, 3.05) is 17.4 Å². The SMILES string of the molecule is O=C(/C=C/c1ccc2c(c1)OCO2)Nc1ccc(Nc2ccc(-n3cccn3)nn2)cc1. The maximum absolute atomic E-state index is 12.2. The van der Waals surface area contributed by atoms with Crippen molar-refractivity contribution in [3.05, 3.63) is 84.7 Å². The minimum absolute atomic E-state index is 0.219. The van der Waals surface area contributed by atoms with Crippen LogP contribution in [0.3, 0.4) is 0 Å². The zero-order chi connectivity index (χ0) is 21.8. The molecule has 9 nitrogen and oxygen atoms in total. The highest BCUT2D eigenvalue weighted by Crippen LogP contribution is 2.32. The lowest BCUT2D eigenvalue weighted by atomic mass is 10.2. The number of carbonyl (C=O) groups is 1. The first kappa shape index (κ1) is 19.3. The molecule has 0 spiro atoms. The zero-order valence-corrected chi connectivity index (χ0v) is 16.8. The molecule has 0 fully saturated rings. The second-order valence-corrected chi connectivity index (χ2v) is 6.87. The molecule has 0 atom stereocenters. The molecule has 3 heterocycles. The number of rotatable bonds is 6. The summed E-state index contributed by atoms with van der Waals surface area (Å²) >= 11 is 0. The first-order valence-electron chi connectivity index (χ1n) is 9.82. The Morgan fingerprint density at radius 2 is 1.81 bits per heavy atom. The predicted molar refractivity (Wildman–Crippen MR) is 119 cm³/mol. The van der Waals surface area contributed by atoms with Gasteiger partial charge in [0.15, 0.2) is 23.1 Å². The molecule has 1 amide bonds. The molecule has 0 unspecified atom stereocenters. The van der Waals surface area contributed by atoms with Gasteiger partial charge in [-0.2, -0.15) is 5.10 Å². The van der Waals surface area contributed by atoms with Crippen LogP contribution in [0.25, 0.3) is 11.9 Å². The van der Waals surface area contributed by atoms with Crippen molar-refractivity contribution in [3.63, 3.8) is 0 Å². The van der Waals surface area contributed by atoms with E-state index in [2.05, 4.69) is 25.9 Å². The van der Waals surface area contributed by atoms with Gasteiger partial charge in [-0.3, -0.25) is 4.79 Å². The summed E-state index contributed by atoms with van der Waals surface area (Å²) in [5.74, 6) is 2.39. The minimum Gasteiger partial charge on any atom is -0.454 e. The third-order valence-electron chi connectivity index (χ3n) is 4.64. The summed E-state index contributed by atoms with van der Waals surface area (Å²) in [6.07, 6.45) is 6.68. The third kappa shape index (κ3) is 4.41. The summed E-state index contributed by atoms with van der Waals surface area (Å²) < 4.78 is 12.3. The highest BCUT2D eigenvalue weighted by atomic mass is 16.7. The van der Waals surface area contributed by atoms with E-state index in [1.165, 1.54) is 6.08 Å². The molecule has 0 saturated carbocycles. The van der Waals surface area contributed by atoms with Gasteiger partial charge in [0.2, 0.25) is 12.7 Å².